The molecule has 0 aliphatic rings. The molecule has 1 atom stereocenters. The van der Waals surface area contributed by atoms with E-state index in [2.05, 4.69) is 10.6 Å². The van der Waals surface area contributed by atoms with Gasteiger partial charge in [-0.1, -0.05) is 24.3 Å². The average Bonchev–Trinajstić information content (AvgIpc) is 2.46. The molecule has 2 rings (SSSR count). The molecule has 2 aromatic rings. The van der Waals surface area contributed by atoms with E-state index in [4.69, 9.17) is 0 Å². The van der Waals surface area contributed by atoms with E-state index >= 15 is 0 Å². The van der Waals surface area contributed by atoms with Crippen LogP contribution in [0, 0.1) is 11.6 Å². The van der Waals surface area contributed by atoms with Gasteiger partial charge in [0.05, 0.1) is 6.54 Å². The Morgan fingerprint density at radius 2 is 1.86 bits per heavy atom. The van der Waals surface area contributed by atoms with Crippen molar-refractivity contribution in [3.05, 3.63) is 65.7 Å². The van der Waals surface area contributed by atoms with Gasteiger partial charge in [-0.25, -0.2) is 8.78 Å². The van der Waals surface area contributed by atoms with Crippen molar-refractivity contribution < 1.29 is 13.6 Å². The first-order chi connectivity index (χ1) is 10.1. The van der Waals surface area contributed by atoms with Gasteiger partial charge in [-0.05, 0) is 25.1 Å². The number of hydrogen-bond acceptors (Lipinski definition) is 2. The van der Waals surface area contributed by atoms with E-state index < -0.39 is 17.7 Å². The maximum absolute atomic E-state index is 13.6. The zero-order valence-electron chi connectivity index (χ0n) is 11.6. The predicted octanol–water partition coefficient (Wildman–Crippen LogP) is 3.25. The fourth-order valence-corrected chi connectivity index (χ4v) is 1.94. The third-order valence-electron chi connectivity index (χ3n) is 3.06. The maximum atomic E-state index is 13.6. The number of anilines is 1. The summed E-state index contributed by atoms with van der Waals surface area (Å²) in [4.78, 5) is 11.8. The lowest BCUT2D eigenvalue weighted by molar-refractivity contribution is -0.115. The highest BCUT2D eigenvalue weighted by molar-refractivity contribution is 5.92. The minimum Gasteiger partial charge on any atom is -0.325 e. The molecule has 0 fully saturated rings. The molecule has 110 valence electrons. The average molecular weight is 290 g/mol. The molecule has 0 heterocycles. The van der Waals surface area contributed by atoms with Crippen molar-refractivity contribution in [3.63, 3.8) is 0 Å². The Hall–Kier alpha value is -2.27. The zero-order valence-corrected chi connectivity index (χ0v) is 11.6. The van der Waals surface area contributed by atoms with E-state index in [-0.39, 0.29) is 12.5 Å². The molecule has 0 unspecified atom stereocenters. The number of nitrogens with one attached hydrogen (secondary N) is 2. The van der Waals surface area contributed by atoms with Crippen LogP contribution in [0.2, 0.25) is 0 Å². The summed E-state index contributed by atoms with van der Waals surface area (Å²) in [6, 6.07) is 12.1. The Balaban J connectivity index is 1.89. The molecule has 0 aromatic heterocycles. The summed E-state index contributed by atoms with van der Waals surface area (Å²) in [6.07, 6.45) is 0. The molecule has 0 saturated carbocycles. The summed E-state index contributed by atoms with van der Waals surface area (Å²) in [5.74, 6) is -1.47. The number of hydrogen-bond donors (Lipinski definition) is 2. The first kappa shape index (κ1) is 15.1. The lowest BCUT2D eigenvalue weighted by atomic mass is 10.1. The van der Waals surface area contributed by atoms with Crippen molar-refractivity contribution >= 4 is 11.6 Å². The summed E-state index contributed by atoms with van der Waals surface area (Å²) in [7, 11) is 0. The lowest BCUT2D eigenvalue weighted by Crippen LogP contribution is -2.30. The number of carbonyl (C=O) groups is 1. The number of para-hydroxylation sites is 1. The van der Waals surface area contributed by atoms with Crippen LogP contribution in [0.5, 0.6) is 0 Å². The van der Waals surface area contributed by atoms with Crippen LogP contribution < -0.4 is 10.6 Å². The minimum absolute atomic E-state index is 0.0346. The van der Waals surface area contributed by atoms with Crippen molar-refractivity contribution in [2.45, 2.75) is 13.0 Å². The van der Waals surface area contributed by atoms with E-state index in [1.165, 1.54) is 12.1 Å². The normalized spacial score (nSPS) is 12.0. The van der Waals surface area contributed by atoms with E-state index in [0.717, 1.165) is 6.07 Å². The van der Waals surface area contributed by atoms with Crippen LogP contribution in [0.3, 0.4) is 0 Å². The molecule has 21 heavy (non-hydrogen) atoms. The topological polar surface area (TPSA) is 41.1 Å². The van der Waals surface area contributed by atoms with Crippen LogP contribution in [-0.2, 0) is 4.79 Å². The van der Waals surface area contributed by atoms with Crippen LogP contribution >= 0.6 is 0 Å². The molecule has 2 N–H and O–H groups in total. The van der Waals surface area contributed by atoms with Gasteiger partial charge in [-0.15, -0.1) is 0 Å². The Kier molecular flexibility index (Phi) is 5.00. The molecule has 0 saturated heterocycles. The first-order valence-corrected chi connectivity index (χ1v) is 6.59. The molecule has 2 aromatic carbocycles. The van der Waals surface area contributed by atoms with Crippen molar-refractivity contribution in [1.82, 2.24) is 5.32 Å². The van der Waals surface area contributed by atoms with Gasteiger partial charge in [0.15, 0.2) is 0 Å². The van der Waals surface area contributed by atoms with Gasteiger partial charge < -0.3 is 10.6 Å². The Labute approximate surface area is 122 Å². The van der Waals surface area contributed by atoms with Gasteiger partial charge in [0.25, 0.3) is 0 Å². The summed E-state index contributed by atoms with van der Waals surface area (Å²) < 4.78 is 26.4. The highest BCUT2D eigenvalue weighted by atomic mass is 19.1. The summed E-state index contributed by atoms with van der Waals surface area (Å²) in [5.41, 5.74) is 1.02. The van der Waals surface area contributed by atoms with Crippen LogP contribution in [0.15, 0.2) is 48.5 Å². The van der Waals surface area contributed by atoms with Gasteiger partial charge in [0.2, 0.25) is 5.91 Å². The number of amides is 1. The third kappa shape index (κ3) is 4.36. The van der Waals surface area contributed by atoms with E-state index in [1.807, 2.05) is 18.2 Å². The van der Waals surface area contributed by atoms with Crippen LogP contribution in [0.4, 0.5) is 14.5 Å². The highest BCUT2D eigenvalue weighted by Gasteiger charge is 2.12. The molecular weight excluding hydrogens is 274 g/mol. The Bertz CT molecular complexity index is 617. The third-order valence-corrected chi connectivity index (χ3v) is 3.06. The lowest BCUT2D eigenvalue weighted by Gasteiger charge is -2.15. The second-order valence-corrected chi connectivity index (χ2v) is 4.68. The zero-order chi connectivity index (χ0) is 15.2. The van der Waals surface area contributed by atoms with E-state index in [0.29, 0.717) is 11.3 Å². The molecule has 0 bridgehead atoms. The molecule has 0 radical (unpaired) electrons. The van der Waals surface area contributed by atoms with Crippen LogP contribution in [-0.4, -0.2) is 12.5 Å². The van der Waals surface area contributed by atoms with Gasteiger partial charge in [-0.3, -0.25) is 4.79 Å². The van der Waals surface area contributed by atoms with Crippen LogP contribution in [0.25, 0.3) is 0 Å². The molecule has 0 aliphatic heterocycles. The largest absolute Gasteiger partial charge is 0.325 e. The van der Waals surface area contributed by atoms with Crippen molar-refractivity contribution in [1.29, 1.82) is 0 Å². The SMILES string of the molecule is C[C@H](NCC(=O)Nc1ccccc1)c1ccc(F)cc1F. The molecule has 5 heteroatoms. The van der Waals surface area contributed by atoms with Gasteiger partial charge in [0.1, 0.15) is 11.6 Å². The predicted molar refractivity (Wildman–Crippen MR) is 77.8 cm³/mol. The van der Waals surface area contributed by atoms with E-state index in [1.54, 1.807) is 19.1 Å². The quantitative estimate of drug-likeness (QED) is 0.887. The second kappa shape index (κ2) is 6.95. The molecule has 3 nitrogen and oxygen atoms in total. The first-order valence-electron chi connectivity index (χ1n) is 6.59. The summed E-state index contributed by atoms with van der Waals surface area (Å²) in [6.45, 7) is 1.75. The van der Waals surface area contributed by atoms with Gasteiger partial charge in [0, 0.05) is 23.4 Å². The number of halogens is 2. The fourth-order valence-electron chi connectivity index (χ4n) is 1.94. The second-order valence-electron chi connectivity index (χ2n) is 4.68. The minimum atomic E-state index is -0.626. The van der Waals surface area contributed by atoms with Crippen molar-refractivity contribution in [3.8, 4) is 0 Å². The molecule has 0 spiro atoms. The fraction of sp³-hybridized carbons (Fsp3) is 0.188. The number of rotatable bonds is 5. The highest BCUT2D eigenvalue weighted by Crippen LogP contribution is 2.17. The Morgan fingerprint density at radius 3 is 2.52 bits per heavy atom. The summed E-state index contributed by atoms with van der Waals surface area (Å²) in [5, 5.41) is 5.62. The standard InChI is InChI=1S/C16H16F2N2O/c1-11(14-8-7-12(17)9-15(14)18)19-10-16(21)20-13-5-3-2-4-6-13/h2-9,11,19H,10H2,1H3,(H,20,21)/t11-/m0/s1. The van der Waals surface area contributed by atoms with E-state index in [9.17, 15) is 13.6 Å². The van der Waals surface area contributed by atoms with Crippen molar-refractivity contribution in [2.75, 3.05) is 11.9 Å². The van der Waals surface area contributed by atoms with Crippen LogP contribution in [0.1, 0.15) is 18.5 Å². The molecule has 1 amide bonds. The van der Waals surface area contributed by atoms with Crippen molar-refractivity contribution in [2.24, 2.45) is 0 Å². The molecule has 0 aliphatic carbocycles. The summed E-state index contributed by atoms with van der Waals surface area (Å²) >= 11 is 0. The maximum Gasteiger partial charge on any atom is 0.238 e. The van der Waals surface area contributed by atoms with Gasteiger partial charge in [-0.2, -0.15) is 0 Å². The monoisotopic (exact) mass is 290 g/mol. The Morgan fingerprint density at radius 1 is 1.14 bits per heavy atom. The number of benzene rings is 2. The smallest absolute Gasteiger partial charge is 0.238 e. The number of carbonyl (C=O) groups excluding carboxylic acids is 1. The molecular formula is C16H16F2N2O. The van der Waals surface area contributed by atoms with Gasteiger partial charge >= 0.3 is 0 Å².